The van der Waals surface area contributed by atoms with Gasteiger partial charge in [-0.3, -0.25) is 0 Å². The summed E-state index contributed by atoms with van der Waals surface area (Å²) in [7, 11) is 0. The van der Waals surface area contributed by atoms with Gasteiger partial charge in [-0.2, -0.15) is 0 Å². The summed E-state index contributed by atoms with van der Waals surface area (Å²) in [6.45, 7) is 0.689. The van der Waals surface area contributed by atoms with Crippen molar-refractivity contribution in [1.82, 2.24) is 0 Å². The van der Waals surface area contributed by atoms with E-state index in [-0.39, 0.29) is 12.0 Å². The number of rotatable bonds is 3. The molecule has 1 saturated carbocycles. The highest BCUT2D eigenvalue weighted by Crippen LogP contribution is 2.41. The predicted molar refractivity (Wildman–Crippen MR) is 84.6 cm³/mol. The lowest BCUT2D eigenvalue weighted by Gasteiger charge is -2.27. The lowest BCUT2D eigenvalue weighted by Crippen LogP contribution is -2.21. The zero-order valence-corrected chi connectivity index (χ0v) is 12.2. The third kappa shape index (κ3) is 2.24. The Morgan fingerprint density at radius 3 is 2.71 bits per heavy atom. The molecule has 2 unspecified atom stereocenters. The molecule has 2 N–H and O–H groups in total. The minimum absolute atomic E-state index is 0.00803. The van der Waals surface area contributed by atoms with Gasteiger partial charge >= 0.3 is 0 Å². The Bertz CT molecular complexity index is 648. The van der Waals surface area contributed by atoms with Crippen molar-refractivity contribution >= 4 is 0 Å². The number of benzene rings is 2. The van der Waals surface area contributed by atoms with Crippen LogP contribution in [0.4, 0.5) is 0 Å². The van der Waals surface area contributed by atoms with E-state index in [2.05, 4.69) is 36.4 Å². The number of hydrogen-bond acceptors (Lipinski definition) is 2. The topological polar surface area (TPSA) is 35.2 Å². The molecular weight excluding hydrogens is 258 g/mol. The highest BCUT2D eigenvalue weighted by Gasteiger charge is 2.30. The van der Waals surface area contributed by atoms with Gasteiger partial charge in [0.15, 0.2) is 0 Å². The van der Waals surface area contributed by atoms with Crippen molar-refractivity contribution in [1.29, 1.82) is 0 Å². The van der Waals surface area contributed by atoms with Crippen LogP contribution in [0.5, 0.6) is 5.75 Å². The Hall–Kier alpha value is -1.80. The SMILES string of the molecule is NC(c1cccc(C2CCC2)c1)C1COc2ccccc21. The van der Waals surface area contributed by atoms with E-state index in [9.17, 15) is 0 Å². The molecule has 2 aromatic rings. The molecule has 4 rings (SSSR count). The summed E-state index contributed by atoms with van der Waals surface area (Å²) < 4.78 is 5.78. The molecule has 2 heteroatoms. The van der Waals surface area contributed by atoms with Gasteiger partial charge in [-0.25, -0.2) is 0 Å². The summed E-state index contributed by atoms with van der Waals surface area (Å²) in [5.41, 5.74) is 10.5. The molecule has 0 amide bonds. The van der Waals surface area contributed by atoms with Crippen LogP contribution in [-0.4, -0.2) is 6.61 Å². The molecule has 0 aromatic heterocycles. The summed E-state index contributed by atoms with van der Waals surface area (Å²) in [5, 5.41) is 0. The van der Waals surface area contributed by atoms with E-state index in [1.165, 1.54) is 36.0 Å². The third-order valence-electron chi connectivity index (χ3n) is 5.04. The average Bonchev–Trinajstić information content (AvgIpc) is 2.89. The Labute approximate surface area is 125 Å². The first kappa shape index (κ1) is 12.9. The number of para-hydroxylation sites is 1. The first-order valence-electron chi connectivity index (χ1n) is 7.90. The molecule has 1 aliphatic heterocycles. The highest BCUT2D eigenvalue weighted by atomic mass is 16.5. The van der Waals surface area contributed by atoms with Crippen LogP contribution in [-0.2, 0) is 0 Å². The van der Waals surface area contributed by atoms with Crippen LogP contribution in [0.2, 0.25) is 0 Å². The average molecular weight is 279 g/mol. The molecule has 2 atom stereocenters. The van der Waals surface area contributed by atoms with E-state index in [0.717, 1.165) is 11.7 Å². The van der Waals surface area contributed by atoms with Crippen molar-refractivity contribution in [2.75, 3.05) is 6.61 Å². The lowest BCUT2D eigenvalue weighted by atomic mass is 9.78. The Balaban J connectivity index is 1.62. The Morgan fingerprint density at radius 1 is 1.05 bits per heavy atom. The first-order chi connectivity index (χ1) is 10.3. The number of hydrogen-bond donors (Lipinski definition) is 1. The third-order valence-corrected chi connectivity index (χ3v) is 5.04. The number of fused-ring (bicyclic) bond motifs is 1. The molecule has 0 bridgehead atoms. The highest BCUT2D eigenvalue weighted by molar-refractivity contribution is 5.42. The molecule has 2 nitrogen and oxygen atoms in total. The smallest absolute Gasteiger partial charge is 0.122 e. The largest absolute Gasteiger partial charge is 0.493 e. The maximum absolute atomic E-state index is 6.56. The van der Waals surface area contributed by atoms with E-state index in [1.54, 1.807) is 0 Å². The fraction of sp³-hybridized carbons (Fsp3) is 0.368. The Morgan fingerprint density at radius 2 is 1.90 bits per heavy atom. The standard InChI is InChI=1S/C19H21NO/c20-19(17-12-21-18-10-2-1-9-16(17)18)15-8-4-7-14(11-15)13-5-3-6-13/h1-2,4,7-11,13,17,19H,3,5-6,12,20H2. The summed E-state index contributed by atoms with van der Waals surface area (Å²) in [6.07, 6.45) is 4.02. The zero-order chi connectivity index (χ0) is 14.2. The van der Waals surface area contributed by atoms with Gasteiger partial charge in [0.05, 0.1) is 6.61 Å². The fourth-order valence-corrected chi connectivity index (χ4v) is 3.48. The second-order valence-electron chi connectivity index (χ2n) is 6.28. The minimum Gasteiger partial charge on any atom is -0.493 e. The Kier molecular flexibility index (Phi) is 3.19. The van der Waals surface area contributed by atoms with Gasteiger partial charge < -0.3 is 10.5 Å². The van der Waals surface area contributed by atoms with Crippen molar-refractivity contribution in [3.8, 4) is 5.75 Å². The molecule has 1 heterocycles. The minimum atomic E-state index is 0.00803. The summed E-state index contributed by atoms with van der Waals surface area (Å²) in [4.78, 5) is 0. The van der Waals surface area contributed by atoms with Crippen LogP contribution in [0.3, 0.4) is 0 Å². The normalized spacial score (nSPS) is 22.2. The first-order valence-corrected chi connectivity index (χ1v) is 7.90. The molecule has 108 valence electrons. The molecule has 1 fully saturated rings. The fourth-order valence-electron chi connectivity index (χ4n) is 3.48. The lowest BCUT2D eigenvalue weighted by molar-refractivity contribution is 0.315. The van der Waals surface area contributed by atoms with Crippen molar-refractivity contribution in [2.45, 2.75) is 37.1 Å². The van der Waals surface area contributed by atoms with Crippen molar-refractivity contribution in [3.63, 3.8) is 0 Å². The van der Waals surface area contributed by atoms with E-state index in [0.29, 0.717) is 6.61 Å². The van der Waals surface area contributed by atoms with Crippen molar-refractivity contribution < 1.29 is 4.74 Å². The van der Waals surface area contributed by atoms with Gasteiger partial charge in [-0.05, 0) is 36.0 Å². The van der Waals surface area contributed by atoms with E-state index in [1.807, 2.05) is 12.1 Å². The van der Waals surface area contributed by atoms with E-state index < -0.39 is 0 Å². The van der Waals surface area contributed by atoms with Crippen molar-refractivity contribution in [3.05, 3.63) is 65.2 Å². The molecule has 0 radical (unpaired) electrons. The van der Waals surface area contributed by atoms with Gasteiger partial charge in [-0.15, -0.1) is 0 Å². The van der Waals surface area contributed by atoms with Crippen molar-refractivity contribution in [2.24, 2.45) is 5.73 Å². The predicted octanol–water partition coefficient (Wildman–Crippen LogP) is 4.13. The quantitative estimate of drug-likeness (QED) is 0.917. The maximum atomic E-state index is 6.56. The van der Waals surface area contributed by atoms with Crippen LogP contribution in [0.15, 0.2) is 48.5 Å². The molecule has 0 spiro atoms. The van der Waals surface area contributed by atoms with Crippen LogP contribution in [0.25, 0.3) is 0 Å². The molecular formula is C19H21NO. The van der Waals surface area contributed by atoms with Gasteiger partial charge in [0.1, 0.15) is 5.75 Å². The zero-order valence-electron chi connectivity index (χ0n) is 12.2. The summed E-state index contributed by atoms with van der Waals surface area (Å²) in [5.74, 6) is 2.01. The monoisotopic (exact) mass is 279 g/mol. The second-order valence-corrected chi connectivity index (χ2v) is 6.28. The van der Waals surface area contributed by atoms with Gasteiger partial charge in [0.25, 0.3) is 0 Å². The summed E-state index contributed by atoms with van der Waals surface area (Å²) >= 11 is 0. The van der Waals surface area contributed by atoms with Crippen LogP contribution in [0.1, 0.15) is 53.8 Å². The number of ether oxygens (including phenoxy) is 1. The van der Waals surface area contributed by atoms with Gasteiger partial charge in [0.2, 0.25) is 0 Å². The maximum Gasteiger partial charge on any atom is 0.122 e. The van der Waals surface area contributed by atoms with Crippen LogP contribution in [0, 0.1) is 0 Å². The van der Waals surface area contributed by atoms with Gasteiger partial charge in [-0.1, -0.05) is 48.9 Å². The van der Waals surface area contributed by atoms with Crippen LogP contribution >= 0.6 is 0 Å². The van der Waals surface area contributed by atoms with Crippen LogP contribution < -0.4 is 10.5 Å². The van der Waals surface area contributed by atoms with Gasteiger partial charge in [0, 0.05) is 17.5 Å². The van der Waals surface area contributed by atoms with E-state index in [4.69, 9.17) is 10.5 Å². The molecule has 2 aromatic carbocycles. The second kappa shape index (κ2) is 5.19. The van der Waals surface area contributed by atoms with E-state index >= 15 is 0 Å². The number of nitrogens with two attached hydrogens (primary N) is 1. The molecule has 0 saturated heterocycles. The summed E-state index contributed by atoms with van der Waals surface area (Å²) in [6, 6.07) is 17.2. The molecule has 21 heavy (non-hydrogen) atoms. The molecule has 2 aliphatic rings. The molecule has 1 aliphatic carbocycles.